The number of nitrogens with zero attached hydrogens (tertiary/aromatic N) is 2. The summed E-state index contributed by atoms with van der Waals surface area (Å²) in [5.74, 6) is 0.125. The number of aromatic nitrogens is 2. The van der Waals surface area contributed by atoms with Gasteiger partial charge >= 0.3 is 6.18 Å². The lowest BCUT2D eigenvalue weighted by Crippen LogP contribution is -2.23. The number of thioether (sulfide) groups is 1. The first-order valence-corrected chi connectivity index (χ1v) is 10.8. The van der Waals surface area contributed by atoms with E-state index in [1.54, 1.807) is 30.3 Å². The number of halogens is 4. The van der Waals surface area contributed by atoms with Gasteiger partial charge in [0.1, 0.15) is 17.2 Å². The number of hydrogen-bond donors (Lipinski definition) is 1. The van der Waals surface area contributed by atoms with Gasteiger partial charge in [0.2, 0.25) is 5.91 Å². The van der Waals surface area contributed by atoms with Gasteiger partial charge in [-0.25, -0.2) is 9.97 Å². The largest absolute Gasteiger partial charge is 0.495 e. The van der Waals surface area contributed by atoms with Crippen LogP contribution in [-0.4, -0.2) is 35.3 Å². The number of benzene rings is 2. The van der Waals surface area contributed by atoms with Crippen molar-refractivity contribution in [3.8, 4) is 22.8 Å². The highest BCUT2D eigenvalue weighted by Gasteiger charge is 2.34. The van der Waals surface area contributed by atoms with E-state index >= 15 is 0 Å². The van der Waals surface area contributed by atoms with Crippen LogP contribution < -0.4 is 14.8 Å². The second-order valence-electron chi connectivity index (χ2n) is 6.72. The molecule has 3 rings (SSSR count). The fourth-order valence-corrected chi connectivity index (χ4v) is 3.80. The summed E-state index contributed by atoms with van der Waals surface area (Å²) in [5, 5.41) is 1.96. The molecule has 1 atom stereocenters. The van der Waals surface area contributed by atoms with Crippen molar-refractivity contribution in [1.29, 1.82) is 0 Å². The van der Waals surface area contributed by atoms with Crippen molar-refractivity contribution < 1.29 is 27.4 Å². The number of hydrogen-bond acceptors (Lipinski definition) is 6. The first-order valence-electron chi connectivity index (χ1n) is 9.53. The summed E-state index contributed by atoms with van der Waals surface area (Å²) in [4.78, 5) is 20.6. The molecule has 0 aliphatic heterocycles. The molecule has 11 heteroatoms. The predicted octanol–water partition coefficient (Wildman–Crippen LogP) is 5.95. The van der Waals surface area contributed by atoms with Crippen molar-refractivity contribution in [3.05, 3.63) is 59.2 Å². The fourth-order valence-electron chi connectivity index (χ4n) is 2.78. The van der Waals surface area contributed by atoms with Crippen LogP contribution in [0.15, 0.2) is 53.7 Å². The molecule has 0 bridgehead atoms. The van der Waals surface area contributed by atoms with E-state index in [0.29, 0.717) is 27.8 Å². The van der Waals surface area contributed by atoms with E-state index in [0.717, 1.165) is 17.8 Å². The lowest BCUT2D eigenvalue weighted by molar-refractivity contribution is -0.141. The predicted molar refractivity (Wildman–Crippen MR) is 121 cm³/mol. The van der Waals surface area contributed by atoms with Gasteiger partial charge in [0, 0.05) is 17.7 Å². The zero-order valence-corrected chi connectivity index (χ0v) is 19.3. The third kappa shape index (κ3) is 6.08. The number of carbonyl (C=O) groups excluding carboxylic acids is 1. The quantitative estimate of drug-likeness (QED) is 0.321. The number of alkyl halides is 3. The highest BCUT2D eigenvalue weighted by molar-refractivity contribution is 8.00. The normalized spacial score (nSPS) is 12.2. The maximum absolute atomic E-state index is 13.4. The summed E-state index contributed by atoms with van der Waals surface area (Å²) in [6, 6.07) is 12.3. The van der Waals surface area contributed by atoms with Crippen molar-refractivity contribution in [2.24, 2.45) is 0 Å². The van der Waals surface area contributed by atoms with E-state index in [1.807, 2.05) is 0 Å². The van der Waals surface area contributed by atoms with Gasteiger partial charge in [0.25, 0.3) is 0 Å². The summed E-state index contributed by atoms with van der Waals surface area (Å²) < 4.78 is 50.6. The van der Waals surface area contributed by atoms with Crippen molar-refractivity contribution in [2.75, 3.05) is 19.5 Å². The molecule has 1 heterocycles. The summed E-state index contributed by atoms with van der Waals surface area (Å²) >= 11 is 6.88. The van der Waals surface area contributed by atoms with Crippen molar-refractivity contribution >= 4 is 35.0 Å². The van der Waals surface area contributed by atoms with E-state index in [9.17, 15) is 18.0 Å². The topological polar surface area (TPSA) is 73.3 Å². The average molecular weight is 498 g/mol. The molecule has 0 unspecified atom stereocenters. The zero-order chi connectivity index (χ0) is 24.2. The van der Waals surface area contributed by atoms with Crippen LogP contribution in [0, 0.1) is 0 Å². The molecule has 0 spiro atoms. The van der Waals surface area contributed by atoms with E-state index in [4.69, 9.17) is 21.1 Å². The Kier molecular flexibility index (Phi) is 7.70. The molecule has 0 aliphatic carbocycles. The van der Waals surface area contributed by atoms with Crippen molar-refractivity contribution in [3.63, 3.8) is 0 Å². The number of nitrogens with one attached hydrogen (secondary N) is 1. The van der Waals surface area contributed by atoms with Crippen LogP contribution in [0.3, 0.4) is 0 Å². The van der Waals surface area contributed by atoms with E-state index in [2.05, 4.69) is 15.3 Å². The molecule has 174 valence electrons. The monoisotopic (exact) mass is 497 g/mol. The van der Waals surface area contributed by atoms with Crippen LogP contribution in [0.4, 0.5) is 18.9 Å². The second kappa shape index (κ2) is 10.3. The SMILES string of the molecule is COc1cc(NC(=O)[C@@H](C)Sc2nc(-c3ccccc3)cc(C(F)(F)F)n2)c(OC)cc1Cl. The van der Waals surface area contributed by atoms with Crippen molar-refractivity contribution in [2.45, 2.75) is 23.5 Å². The van der Waals surface area contributed by atoms with Crippen LogP contribution in [0.5, 0.6) is 11.5 Å². The molecule has 2 aromatic carbocycles. The Morgan fingerprint density at radius 1 is 1.06 bits per heavy atom. The Balaban J connectivity index is 1.86. The van der Waals surface area contributed by atoms with Crippen LogP contribution in [0.1, 0.15) is 12.6 Å². The van der Waals surface area contributed by atoms with Crippen molar-refractivity contribution in [1.82, 2.24) is 9.97 Å². The zero-order valence-electron chi connectivity index (χ0n) is 17.7. The molecule has 0 saturated heterocycles. The van der Waals surface area contributed by atoms with E-state index < -0.39 is 23.0 Å². The highest BCUT2D eigenvalue weighted by atomic mass is 35.5. The minimum absolute atomic E-state index is 0.108. The molecule has 1 N–H and O–H groups in total. The number of amides is 1. The molecule has 3 aromatic rings. The molecule has 6 nitrogen and oxygen atoms in total. The Morgan fingerprint density at radius 3 is 2.33 bits per heavy atom. The maximum Gasteiger partial charge on any atom is 0.433 e. The molecule has 0 radical (unpaired) electrons. The van der Waals surface area contributed by atoms with E-state index in [1.165, 1.54) is 33.3 Å². The number of ether oxygens (including phenoxy) is 2. The van der Waals surface area contributed by atoms with Gasteiger partial charge in [-0.1, -0.05) is 53.7 Å². The number of rotatable bonds is 7. The summed E-state index contributed by atoms with van der Waals surface area (Å²) in [7, 11) is 2.83. The molecule has 0 aliphatic rings. The lowest BCUT2D eigenvalue weighted by atomic mass is 10.1. The van der Waals surface area contributed by atoms with Crippen LogP contribution in [0.25, 0.3) is 11.3 Å². The summed E-state index contributed by atoms with van der Waals surface area (Å²) in [6.07, 6.45) is -4.67. The fraction of sp³-hybridized carbons (Fsp3) is 0.227. The average Bonchev–Trinajstić information content (AvgIpc) is 2.79. The van der Waals surface area contributed by atoms with Gasteiger partial charge in [-0.05, 0) is 13.0 Å². The van der Waals surface area contributed by atoms with Crippen LogP contribution in [-0.2, 0) is 11.0 Å². The van der Waals surface area contributed by atoms with Gasteiger partial charge < -0.3 is 14.8 Å². The Hall–Kier alpha value is -2.98. The minimum atomic E-state index is -4.67. The maximum atomic E-state index is 13.4. The molecule has 1 amide bonds. The first kappa shape index (κ1) is 24.7. The molecule has 0 fully saturated rings. The molecular formula is C22H19ClF3N3O3S. The Morgan fingerprint density at radius 2 is 1.73 bits per heavy atom. The first-order chi connectivity index (χ1) is 15.6. The van der Waals surface area contributed by atoms with Gasteiger partial charge in [0.05, 0.1) is 35.9 Å². The van der Waals surface area contributed by atoms with Crippen LogP contribution in [0.2, 0.25) is 5.02 Å². The smallest absolute Gasteiger partial charge is 0.433 e. The minimum Gasteiger partial charge on any atom is -0.495 e. The summed E-state index contributed by atoms with van der Waals surface area (Å²) in [6.45, 7) is 1.53. The molecule has 0 saturated carbocycles. The standard InChI is InChI=1S/C22H19ClF3N3O3S/c1-12(20(30)27-16-10-17(31-2)14(23)9-18(16)32-3)33-21-28-15(13-7-5-4-6-8-13)11-19(29-21)22(24,25)26/h4-12H,1-3H3,(H,27,30)/t12-/m1/s1. The van der Waals surface area contributed by atoms with Crippen LogP contribution >= 0.6 is 23.4 Å². The second-order valence-corrected chi connectivity index (χ2v) is 8.44. The number of methoxy groups -OCH3 is 2. The Bertz CT molecular complexity index is 1150. The number of carbonyl (C=O) groups is 1. The lowest BCUT2D eigenvalue weighted by Gasteiger charge is -2.16. The molecule has 33 heavy (non-hydrogen) atoms. The van der Waals surface area contributed by atoms with Gasteiger partial charge in [-0.3, -0.25) is 4.79 Å². The molecular weight excluding hydrogens is 479 g/mol. The third-order valence-corrected chi connectivity index (χ3v) is 5.71. The highest BCUT2D eigenvalue weighted by Crippen LogP contribution is 2.37. The molecule has 1 aromatic heterocycles. The Labute approximate surface area is 197 Å². The number of anilines is 1. The summed E-state index contributed by atoms with van der Waals surface area (Å²) in [5.41, 5.74) is -0.179. The third-order valence-electron chi connectivity index (χ3n) is 4.45. The van der Waals surface area contributed by atoms with Gasteiger partial charge in [-0.15, -0.1) is 0 Å². The van der Waals surface area contributed by atoms with E-state index in [-0.39, 0.29) is 10.9 Å². The van der Waals surface area contributed by atoms with Gasteiger partial charge in [-0.2, -0.15) is 13.2 Å². The van der Waals surface area contributed by atoms with Gasteiger partial charge in [0.15, 0.2) is 5.16 Å².